The lowest BCUT2D eigenvalue weighted by Crippen LogP contribution is -2.50. The number of carbonyl (C=O) groups is 2. The van der Waals surface area contributed by atoms with Gasteiger partial charge in [0, 0.05) is 19.9 Å². The van der Waals surface area contributed by atoms with E-state index in [9.17, 15) is 9.59 Å². The first-order valence-electron chi connectivity index (χ1n) is 14.0. The minimum atomic E-state index is -0.951. The molecule has 10 nitrogen and oxygen atoms in total. The SMILES string of the molecule is COC(=O)N(c1ccccc1CC[C@@H]1CN[C@H](c2nnc(C)o2)CO1)[C@@H](Cc1ccc(-c2ccccc2)cc1)C(N)=O. The van der Waals surface area contributed by atoms with Crippen molar-refractivity contribution < 1.29 is 23.5 Å². The highest BCUT2D eigenvalue weighted by Gasteiger charge is 2.33. The summed E-state index contributed by atoms with van der Waals surface area (Å²) in [5, 5.41) is 11.4. The maximum atomic E-state index is 13.2. The van der Waals surface area contributed by atoms with E-state index in [-0.39, 0.29) is 18.6 Å². The van der Waals surface area contributed by atoms with Crippen molar-refractivity contribution in [2.24, 2.45) is 5.73 Å². The van der Waals surface area contributed by atoms with Crippen LogP contribution in [0.25, 0.3) is 11.1 Å². The standard InChI is InChI=1S/C32H35N5O5/c1-21-35-36-31(42-21)27-20-41-26(19-34-27)17-16-25-10-6-7-11-28(25)37(32(39)40-2)29(30(33)38)18-22-12-14-24(15-13-22)23-8-4-3-5-9-23/h3-15,26-27,29,34H,16-20H2,1-2H3,(H2,33,38)/t26-,27+,29+/m1/s1. The minimum absolute atomic E-state index is 0.0556. The zero-order valence-electron chi connectivity index (χ0n) is 23.7. The minimum Gasteiger partial charge on any atom is -0.452 e. The number of nitrogens with zero attached hydrogens (tertiary/aromatic N) is 3. The number of primary amides is 1. The van der Waals surface area contributed by atoms with Crippen molar-refractivity contribution in [2.45, 2.75) is 44.4 Å². The number of hydrogen-bond donors (Lipinski definition) is 2. The van der Waals surface area contributed by atoms with Crippen LogP contribution in [-0.4, -0.2) is 54.6 Å². The Balaban J connectivity index is 1.30. The molecule has 1 aromatic heterocycles. The molecule has 3 aromatic carbocycles. The van der Waals surface area contributed by atoms with Gasteiger partial charge in [-0.3, -0.25) is 9.69 Å². The lowest BCUT2D eigenvalue weighted by Gasteiger charge is -2.31. The molecule has 3 atom stereocenters. The molecule has 0 radical (unpaired) electrons. The first kappa shape index (κ1) is 29.0. The van der Waals surface area contributed by atoms with Crippen LogP contribution in [0.3, 0.4) is 0 Å². The normalized spacial score (nSPS) is 17.4. The summed E-state index contributed by atoms with van der Waals surface area (Å²) < 4.78 is 16.7. The smallest absolute Gasteiger partial charge is 0.414 e. The lowest BCUT2D eigenvalue weighted by molar-refractivity contribution is -0.119. The first-order chi connectivity index (χ1) is 20.4. The van der Waals surface area contributed by atoms with E-state index in [1.54, 1.807) is 6.92 Å². The van der Waals surface area contributed by atoms with Crippen molar-refractivity contribution >= 4 is 17.7 Å². The molecule has 42 heavy (non-hydrogen) atoms. The summed E-state index contributed by atoms with van der Waals surface area (Å²) in [4.78, 5) is 27.4. The maximum Gasteiger partial charge on any atom is 0.414 e. The quantitative estimate of drug-likeness (QED) is 0.288. The molecule has 0 unspecified atom stereocenters. The van der Waals surface area contributed by atoms with Gasteiger partial charge in [-0.25, -0.2) is 4.79 Å². The summed E-state index contributed by atoms with van der Waals surface area (Å²) in [7, 11) is 1.30. The highest BCUT2D eigenvalue weighted by Crippen LogP contribution is 2.28. The zero-order chi connectivity index (χ0) is 29.5. The largest absolute Gasteiger partial charge is 0.452 e. The number of anilines is 1. The van der Waals surface area contributed by atoms with E-state index in [0.717, 1.165) is 22.3 Å². The molecular weight excluding hydrogens is 534 g/mol. The fourth-order valence-corrected chi connectivity index (χ4v) is 5.19. The Morgan fingerprint density at radius 3 is 2.38 bits per heavy atom. The van der Waals surface area contributed by atoms with Crippen molar-refractivity contribution in [1.29, 1.82) is 0 Å². The molecule has 2 amide bonds. The van der Waals surface area contributed by atoms with Gasteiger partial charge in [0.1, 0.15) is 12.1 Å². The van der Waals surface area contributed by atoms with Gasteiger partial charge in [0.2, 0.25) is 17.7 Å². The second-order valence-corrected chi connectivity index (χ2v) is 10.3. The Morgan fingerprint density at radius 1 is 1.02 bits per heavy atom. The van der Waals surface area contributed by atoms with Crippen molar-refractivity contribution in [2.75, 3.05) is 25.2 Å². The topological polar surface area (TPSA) is 133 Å². The second kappa shape index (κ2) is 13.4. The zero-order valence-corrected chi connectivity index (χ0v) is 23.7. The molecular formula is C32H35N5O5. The number of para-hydroxylation sites is 1. The second-order valence-electron chi connectivity index (χ2n) is 10.3. The van der Waals surface area contributed by atoms with Crippen LogP contribution in [0.2, 0.25) is 0 Å². The Labute approximate surface area is 244 Å². The van der Waals surface area contributed by atoms with Crippen molar-refractivity contribution in [3.05, 3.63) is 102 Å². The Morgan fingerprint density at radius 2 is 1.74 bits per heavy atom. The molecule has 2 heterocycles. The Bertz CT molecular complexity index is 1480. The summed E-state index contributed by atoms with van der Waals surface area (Å²) >= 11 is 0. The average molecular weight is 570 g/mol. The molecule has 218 valence electrons. The van der Waals surface area contributed by atoms with E-state index >= 15 is 0 Å². The van der Waals surface area contributed by atoms with E-state index in [4.69, 9.17) is 19.6 Å². The third kappa shape index (κ3) is 6.84. The number of carbonyl (C=O) groups excluding carboxylic acids is 2. The molecule has 0 spiro atoms. The fraction of sp³-hybridized carbons (Fsp3) is 0.312. The van der Waals surface area contributed by atoms with Crippen LogP contribution < -0.4 is 16.0 Å². The molecule has 3 N–H and O–H groups in total. The van der Waals surface area contributed by atoms with Crippen LogP contribution in [0.1, 0.15) is 35.4 Å². The van der Waals surface area contributed by atoms with Crippen LogP contribution in [-0.2, 0) is 27.1 Å². The number of ether oxygens (including phenoxy) is 2. The van der Waals surface area contributed by atoms with Crippen LogP contribution in [0.4, 0.5) is 10.5 Å². The number of amides is 2. The molecule has 1 aliphatic rings. The molecule has 1 aliphatic heterocycles. The van der Waals surface area contributed by atoms with Gasteiger partial charge in [-0.05, 0) is 41.2 Å². The van der Waals surface area contributed by atoms with E-state index in [2.05, 4.69) is 15.5 Å². The number of morpholine rings is 1. The summed E-state index contributed by atoms with van der Waals surface area (Å²) in [6.07, 6.45) is 0.828. The predicted molar refractivity (Wildman–Crippen MR) is 158 cm³/mol. The number of aromatic nitrogens is 2. The van der Waals surface area contributed by atoms with Crippen molar-refractivity contribution in [3.63, 3.8) is 0 Å². The van der Waals surface area contributed by atoms with E-state index in [0.29, 0.717) is 43.5 Å². The van der Waals surface area contributed by atoms with Crippen LogP contribution in [0.5, 0.6) is 0 Å². The summed E-state index contributed by atoms with van der Waals surface area (Å²) in [6, 6.07) is 24.3. The van der Waals surface area contributed by atoms with Gasteiger partial charge in [-0.15, -0.1) is 10.2 Å². The van der Waals surface area contributed by atoms with E-state index < -0.39 is 18.0 Å². The summed E-state index contributed by atoms with van der Waals surface area (Å²) in [5.74, 6) is 0.404. The molecule has 0 saturated carbocycles. The number of aryl methyl sites for hydroxylation is 2. The Kier molecular flexibility index (Phi) is 9.25. The van der Waals surface area contributed by atoms with Gasteiger partial charge in [-0.2, -0.15) is 0 Å². The number of hydrogen-bond acceptors (Lipinski definition) is 8. The molecule has 5 rings (SSSR count). The van der Waals surface area contributed by atoms with Crippen molar-refractivity contribution in [3.8, 4) is 11.1 Å². The average Bonchev–Trinajstić information content (AvgIpc) is 3.47. The molecule has 0 aliphatic carbocycles. The highest BCUT2D eigenvalue weighted by atomic mass is 16.5. The number of benzene rings is 3. The van der Waals surface area contributed by atoms with Gasteiger partial charge >= 0.3 is 6.09 Å². The van der Waals surface area contributed by atoms with Gasteiger partial charge in [0.15, 0.2) is 0 Å². The van der Waals surface area contributed by atoms with Crippen LogP contribution in [0, 0.1) is 6.92 Å². The van der Waals surface area contributed by atoms with Crippen LogP contribution in [0.15, 0.2) is 83.3 Å². The highest BCUT2D eigenvalue weighted by molar-refractivity contribution is 5.97. The van der Waals surface area contributed by atoms with Crippen molar-refractivity contribution in [1.82, 2.24) is 15.5 Å². The first-order valence-corrected chi connectivity index (χ1v) is 14.0. The summed E-state index contributed by atoms with van der Waals surface area (Å²) in [6.45, 7) is 2.77. The van der Waals surface area contributed by atoms with Gasteiger partial charge in [0.25, 0.3) is 0 Å². The maximum absolute atomic E-state index is 13.2. The molecule has 1 fully saturated rings. The third-order valence-corrected chi connectivity index (χ3v) is 7.42. The molecule has 4 aromatic rings. The fourth-order valence-electron chi connectivity index (χ4n) is 5.19. The molecule has 1 saturated heterocycles. The molecule has 0 bridgehead atoms. The number of rotatable bonds is 10. The Hall–Kier alpha value is -4.54. The number of methoxy groups -OCH3 is 1. The lowest BCUT2D eigenvalue weighted by atomic mass is 9.98. The predicted octanol–water partition coefficient (Wildman–Crippen LogP) is 4.38. The molecule has 10 heteroatoms. The number of nitrogens with one attached hydrogen (secondary N) is 1. The monoisotopic (exact) mass is 569 g/mol. The van der Waals surface area contributed by atoms with Crippen LogP contribution >= 0.6 is 0 Å². The van der Waals surface area contributed by atoms with Gasteiger partial charge < -0.3 is 24.9 Å². The van der Waals surface area contributed by atoms with Gasteiger partial charge in [-0.1, -0.05) is 72.8 Å². The van der Waals surface area contributed by atoms with Gasteiger partial charge in [0.05, 0.1) is 25.5 Å². The van der Waals surface area contributed by atoms with E-state index in [1.807, 2.05) is 78.9 Å². The number of nitrogens with two attached hydrogens (primary N) is 1. The summed E-state index contributed by atoms with van der Waals surface area (Å²) in [5.41, 5.74) is 10.4. The van der Waals surface area contributed by atoms with E-state index in [1.165, 1.54) is 12.0 Å². The third-order valence-electron chi connectivity index (χ3n) is 7.42.